The fraction of sp³-hybridized carbons (Fsp3) is 0.152. The standard InChI is InChI=1S/C33H26O8S/c34-29(22-13-5-1-6-14-22)38-21-26-27(39-30(35)23-15-7-2-8-16-23)28(40-31(36)24-17-9-3-10-18-24)33(42-26)41-32(37)25-19-11-4-12-20-25/h1-20,26-28,33H,21H2/t26-,27-,28+,33?/m0/s1. The first-order chi connectivity index (χ1) is 20.5. The molecule has 0 N–H and O–H groups in total. The van der Waals surface area contributed by atoms with E-state index >= 15 is 0 Å². The van der Waals surface area contributed by atoms with Gasteiger partial charge in [0.15, 0.2) is 17.6 Å². The Labute approximate surface area is 246 Å². The van der Waals surface area contributed by atoms with Crippen molar-refractivity contribution in [2.75, 3.05) is 6.61 Å². The summed E-state index contributed by atoms with van der Waals surface area (Å²) in [6.07, 6.45) is -2.32. The molecule has 4 atom stereocenters. The van der Waals surface area contributed by atoms with Crippen LogP contribution in [0.15, 0.2) is 121 Å². The van der Waals surface area contributed by atoms with Gasteiger partial charge in [-0.05, 0) is 48.5 Å². The smallest absolute Gasteiger partial charge is 0.339 e. The molecule has 1 fully saturated rings. The topological polar surface area (TPSA) is 105 Å². The highest BCUT2D eigenvalue weighted by atomic mass is 32.2. The summed E-state index contributed by atoms with van der Waals surface area (Å²) in [5.41, 5.74) is 0.114. The molecule has 8 nitrogen and oxygen atoms in total. The molecule has 1 heterocycles. The van der Waals surface area contributed by atoms with Crippen LogP contribution >= 0.6 is 11.8 Å². The molecule has 0 aromatic heterocycles. The second kappa shape index (κ2) is 13.6. The molecule has 4 aromatic carbocycles. The van der Waals surface area contributed by atoms with E-state index < -0.39 is 46.8 Å². The number of hydrogen-bond donors (Lipinski definition) is 0. The van der Waals surface area contributed by atoms with Gasteiger partial charge in [0.1, 0.15) is 6.61 Å². The molecule has 1 aliphatic heterocycles. The summed E-state index contributed by atoms with van der Waals surface area (Å²) in [4.78, 5) is 52.1. The highest BCUT2D eigenvalue weighted by Crippen LogP contribution is 2.40. The molecular formula is C33H26O8S. The van der Waals surface area contributed by atoms with Gasteiger partial charge in [0.05, 0.1) is 27.5 Å². The number of ether oxygens (including phenoxy) is 4. The van der Waals surface area contributed by atoms with E-state index in [-0.39, 0.29) is 17.7 Å². The summed E-state index contributed by atoms with van der Waals surface area (Å²) < 4.78 is 23.1. The number of thioether (sulfide) groups is 1. The Morgan fingerprint density at radius 3 is 1.26 bits per heavy atom. The summed E-state index contributed by atoms with van der Waals surface area (Å²) in [6, 6.07) is 33.4. The molecule has 0 amide bonds. The number of hydrogen-bond acceptors (Lipinski definition) is 9. The zero-order valence-electron chi connectivity index (χ0n) is 22.2. The second-order valence-electron chi connectivity index (χ2n) is 9.25. The molecule has 0 saturated carbocycles. The Hall–Kier alpha value is -4.89. The first-order valence-electron chi connectivity index (χ1n) is 13.2. The molecule has 4 aromatic rings. The predicted molar refractivity (Wildman–Crippen MR) is 155 cm³/mol. The molecule has 1 aliphatic rings. The van der Waals surface area contributed by atoms with Crippen molar-refractivity contribution in [2.45, 2.75) is 22.9 Å². The van der Waals surface area contributed by atoms with Crippen molar-refractivity contribution in [3.8, 4) is 0 Å². The maximum atomic E-state index is 13.2. The van der Waals surface area contributed by atoms with E-state index in [2.05, 4.69) is 0 Å². The SMILES string of the molecule is O=C(OC[C@@H]1SC(OC(=O)c2ccccc2)[C@H](OC(=O)c2ccccc2)[C@H]1OC(=O)c1ccccc1)c1ccccc1. The monoisotopic (exact) mass is 582 g/mol. The van der Waals surface area contributed by atoms with E-state index in [1.54, 1.807) is 121 Å². The van der Waals surface area contributed by atoms with E-state index in [1.807, 2.05) is 0 Å². The van der Waals surface area contributed by atoms with Crippen LogP contribution in [0.5, 0.6) is 0 Å². The summed E-state index contributed by atoms with van der Waals surface area (Å²) in [6.45, 7) is -0.204. The molecule has 0 aliphatic carbocycles. The number of esters is 4. The summed E-state index contributed by atoms with van der Waals surface area (Å²) >= 11 is 1.09. The molecular weight excluding hydrogens is 556 g/mol. The third-order valence-electron chi connectivity index (χ3n) is 6.39. The minimum Gasteiger partial charge on any atom is -0.461 e. The number of rotatable bonds is 9. The van der Waals surface area contributed by atoms with Crippen LogP contribution in [-0.2, 0) is 18.9 Å². The van der Waals surface area contributed by atoms with Gasteiger partial charge in [-0.25, -0.2) is 19.2 Å². The summed E-state index contributed by atoms with van der Waals surface area (Å²) in [5, 5.41) is -0.729. The summed E-state index contributed by atoms with van der Waals surface area (Å²) in [5.74, 6) is -2.59. The van der Waals surface area contributed by atoms with Gasteiger partial charge in [-0.2, -0.15) is 0 Å². The van der Waals surface area contributed by atoms with Crippen molar-refractivity contribution < 1.29 is 38.1 Å². The van der Waals surface area contributed by atoms with Crippen LogP contribution in [0, 0.1) is 0 Å². The maximum Gasteiger partial charge on any atom is 0.339 e. The zero-order valence-corrected chi connectivity index (χ0v) is 23.1. The minimum absolute atomic E-state index is 0.204. The minimum atomic E-state index is -1.21. The largest absolute Gasteiger partial charge is 0.461 e. The Morgan fingerprint density at radius 2 is 0.833 bits per heavy atom. The maximum absolute atomic E-state index is 13.2. The van der Waals surface area contributed by atoms with Gasteiger partial charge in [0, 0.05) is 0 Å². The van der Waals surface area contributed by atoms with Crippen molar-refractivity contribution >= 4 is 35.6 Å². The molecule has 212 valence electrons. The zero-order chi connectivity index (χ0) is 29.3. The fourth-order valence-corrected chi connectivity index (χ4v) is 5.65. The van der Waals surface area contributed by atoms with Crippen LogP contribution in [0.3, 0.4) is 0 Å². The first kappa shape index (κ1) is 28.6. The van der Waals surface area contributed by atoms with Gasteiger partial charge in [-0.3, -0.25) is 0 Å². The molecule has 0 spiro atoms. The van der Waals surface area contributed by atoms with Crippen LogP contribution in [0.1, 0.15) is 41.4 Å². The molecule has 0 bridgehead atoms. The lowest BCUT2D eigenvalue weighted by Crippen LogP contribution is -2.42. The lowest BCUT2D eigenvalue weighted by Gasteiger charge is -2.25. The lowest BCUT2D eigenvalue weighted by molar-refractivity contribution is -0.0607. The van der Waals surface area contributed by atoms with Gasteiger partial charge in [0.2, 0.25) is 0 Å². The Balaban J connectivity index is 1.43. The third-order valence-corrected chi connectivity index (χ3v) is 7.78. The third kappa shape index (κ3) is 7.05. The van der Waals surface area contributed by atoms with E-state index in [4.69, 9.17) is 18.9 Å². The van der Waals surface area contributed by atoms with E-state index in [1.165, 1.54) is 0 Å². The predicted octanol–water partition coefficient (Wildman–Crippen LogP) is 5.59. The van der Waals surface area contributed by atoms with Crippen LogP contribution < -0.4 is 0 Å². The van der Waals surface area contributed by atoms with Crippen LogP contribution in [0.4, 0.5) is 0 Å². The van der Waals surface area contributed by atoms with Gasteiger partial charge in [0.25, 0.3) is 0 Å². The van der Waals surface area contributed by atoms with Crippen LogP contribution in [-0.4, -0.2) is 53.4 Å². The van der Waals surface area contributed by atoms with Crippen molar-refractivity contribution in [3.63, 3.8) is 0 Å². The summed E-state index contributed by atoms with van der Waals surface area (Å²) in [7, 11) is 0. The molecule has 9 heteroatoms. The quantitative estimate of drug-likeness (QED) is 0.184. The van der Waals surface area contributed by atoms with Gasteiger partial charge in [-0.1, -0.05) is 72.8 Å². The molecule has 1 unspecified atom stereocenters. The van der Waals surface area contributed by atoms with E-state index in [0.717, 1.165) is 11.8 Å². The second-order valence-corrected chi connectivity index (χ2v) is 10.6. The Morgan fingerprint density at radius 1 is 0.476 bits per heavy atom. The lowest BCUT2D eigenvalue weighted by atomic mass is 10.1. The Bertz CT molecular complexity index is 1510. The van der Waals surface area contributed by atoms with Crippen molar-refractivity contribution in [2.24, 2.45) is 0 Å². The number of benzene rings is 4. The molecule has 0 radical (unpaired) electrons. The normalized spacial score (nSPS) is 19.3. The van der Waals surface area contributed by atoms with Gasteiger partial charge < -0.3 is 18.9 Å². The van der Waals surface area contributed by atoms with Crippen molar-refractivity contribution in [1.82, 2.24) is 0 Å². The molecule has 5 rings (SSSR count). The van der Waals surface area contributed by atoms with Gasteiger partial charge in [-0.15, -0.1) is 11.8 Å². The van der Waals surface area contributed by atoms with Gasteiger partial charge >= 0.3 is 23.9 Å². The van der Waals surface area contributed by atoms with E-state index in [9.17, 15) is 19.2 Å². The fourth-order valence-electron chi connectivity index (χ4n) is 4.28. The molecule has 42 heavy (non-hydrogen) atoms. The van der Waals surface area contributed by atoms with E-state index in [0.29, 0.717) is 11.1 Å². The number of carbonyl (C=O) groups is 4. The average Bonchev–Trinajstić information content (AvgIpc) is 3.35. The first-order valence-corrected chi connectivity index (χ1v) is 14.1. The van der Waals surface area contributed by atoms with Crippen LogP contribution in [0.25, 0.3) is 0 Å². The van der Waals surface area contributed by atoms with Crippen molar-refractivity contribution in [1.29, 1.82) is 0 Å². The Kier molecular flexibility index (Phi) is 9.30. The highest BCUT2D eigenvalue weighted by Gasteiger charge is 2.52. The van der Waals surface area contributed by atoms with Crippen molar-refractivity contribution in [3.05, 3.63) is 144 Å². The van der Waals surface area contributed by atoms with Crippen LogP contribution in [0.2, 0.25) is 0 Å². The molecule has 1 saturated heterocycles. The highest BCUT2D eigenvalue weighted by molar-refractivity contribution is 8.00. The number of carbonyl (C=O) groups excluding carboxylic acids is 4. The average molecular weight is 583 g/mol.